The van der Waals surface area contributed by atoms with Gasteiger partial charge in [-0.1, -0.05) is 25.7 Å². The number of rotatable bonds is 5. The first kappa shape index (κ1) is 15.8. The van der Waals surface area contributed by atoms with E-state index in [2.05, 4.69) is 38.8 Å². The number of aryl methyl sites for hydroxylation is 1. The topological polar surface area (TPSA) is 42.2 Å². The molecule has 1 aromatic heterocycles. The van der Waals surface area contributed by atoms with Crippen molar-refractivity contribution in [3.05, 3.63) is 22.3 Å². The summed E-state index contributed by atoms with van der Waals surface area (Å²) < 4.78 is 1.11. The molecule has 0 spiro atoms. The molecule has 1 heterocycles. The van der Waals surface area contributed by atoms with E-state index in [0.29, 0.717) is 6.04 Å². The number of halogens is 1. The third kappa shape index (κ3) is 4.19. The van der Waals surface area contributed by atoms with E-state index in [1.165, 1.54) is 44.1 Å². The van der Waals surface area contributed by atoms with Gasteiger partial charge in [0.25, 0.3) is 0 Å². The molecule has 0 aromatic carbocycles. The van der Waals surface area contributed by atoms with Crippen molar-refractivity contribution in [1.82, 2.24) is 4.98 Å². The molecule has 1 saturated carbocycles. The Labute approximate surface area is 131 Å². The van der Waals surface area contributed by atoms with Gasteiger partial charge in [-0.05, 0) is 60.3 Å². The van der Waals surface area contributed by atoms with Crippen LogP contribution in [0.3, 0.4) is 0 Å². The second-order valence-electron chi connectivity index (χ2n) is 5.80. The molecule has 0 atom stereocenters. The van der Waals surface area contributed by atoms with Gasteiger partial charge in [0.2, 0.25) is 0 Å². The highest BCUT2D eigenvalue weighted by molar-refractivity contribution is 9.10. The predicted molar refractivity (Wildman–Crippen MR) is 89.2 cm³/mol. The molecule has 20 heavy (non-hydrogen) atoms. The van der Waals surface area contributed by atoms with Crippen molar-refractivity contribution >= 4 is 21.7 Å². The van der Waals surface area contributed by atoms with Gasteiger partial charge in [0, 0.05) is 18.8 Å². The lowest BCUT2D eigenvalue weighted by molar-refractivity contribution is 0.514. The fourth-order valence-electron chi connectivity index (χ4n) is 3.03. The van der Waals surface area contributed by atoms with Crippen molar-refractivity contribution in [1.29, 1.82) is 0 Å². The summed E-state index contributed by atoms with van der Waals surface area (Å²) in [6.07, 6.45) is 11.0. The van der Waals surface area contributed by atoms with Crippen LogP contribution >= 0.6 is 15.9 Å². The number of nitrogens with zero attached hydrogens (tertiary/aromatic N) is 2. The molecular weight excluding hydrogens is 314 g/mol. The number of pyridine rings is 1. The van der Waals surface area contributed by atoms with E-state index in [1.807, 2.05) is 6.20 Å². The largest absolute Gasteiger partial charge is 0.353 e. The van der Waals surface area contributed by atoms with Gasteiger partial charge in [-0.25, -0.2) is 4.98 Å². The molecule has 0 bridgehead atoms. The maximum atomic E-state index is 5.72. The van der Waals surface area contributed by atoms with Crippen LogP contribution in [-0.4, -0.2) is 24.1 Å². The fourth-order valence-corrected chi connectivity index (χ4v) is 3.72. The minimum absolute atomic E-state index is 0.621. The SMILES string of the molecule is Cc1cnc(N(CCCN)C2CCCCCC2)c(Br)c1. The summed E-state index contributed by atoms with van der Waals surface area (Å²) in [6.45, 7) is 3.83. The molecule has 0 radical (unpaired) electrons. The quantitative estimate of drug-likeness (QED) is 0.823. The van der Waals surface area contributed by atoms with E-state index in [9.17, 15) is 0 Å². The van der Waals surface area contributed by atoms with Crippen LogP contribution in [0.4, 0.5) is 5.82 Å². The van der Waals surface area contributed by atoms with Gasteiger partial charge in [-0.3, -0.25) is 0 Å². The van der Waals surface area contributed by atoms with Crippen LogP contribution in [-0.2, 0) is 0 Å². The van der Waals surface area contributed by atoms with Crippen molar-refractivity contribution in [2.24, 2.45) is 5.73 Å². The van der Waals surface area contributed by atoms with Gasteiger partial charge in [0.1, 0.15) is 5.82 Å². The zero-order valence-electron chi connectivity index (χ0n) is 12.4. The second-order valence-corrected chi connectivity index (χ2v) is 6.65. The first-order valence-electron chi connectivity index (χ1n) is 7.81. The zero-order chi connectivity index (χ0) is 14.4. The van der Waals surface area contributed by atoms with Crippen LogP contribution in [0.2, 0.25) is 0 Å². The molecule has 1 aliphatic rings. The van der Waals surface area contributed by atoms with E-state index in [-0.39, 0.29) is 0 Å². The Morgan fingerprint density at radius 1 is 1.30 bits per heavy atom. The van der Waals surface area contributed by atoms with Crippen LogP contribution in [0.5, 0.6) is 0 Å². The molecule has 1 fully saturated rings. The minimum atomic E-state index is 0.621. The maximum Gasteiger partial charge on any atom is 0.143 e. The third-order valence-corrected chi connectivity index (χ3v) is 4.68. The number of anilines is 1. The zero-order valence-corrected chi connectivity index (χ0v) is 14.0. The normalized spacial score (nSPS) is 16.9. The van der Waals surface area contributed by atoms with Crippen LogP contribution in [0.15, 0.2) is 16.7 Å². The molecular formula is C16H26BrN3. The van der Waals surface area contributed by atoms with Gasteiger partial charge in [0.15, 0.2) is 0 Å². The van der Waals surface area contributed by atoms with Crippen molar-refractivity contribution in [2.75, 3.05) is 18.0 Å². The van der Waals surface area contributed by atoms with Crippen molar-refractivity contribution in [3.63, 3.8) is 0 Å². The Balaban J connectivity index is 2.20. The van der Waals surface area contributed by atoms with Gasteiger partial charge < -0.3 is 10.6 Å². The Bertz CT molecular complexity index is 414. The van der Waals surface area contributed by atoms with Crippen LogP contribution < -0.4 is 10.6 Å². The van der Waals surface area contributed by atoms with E-state index >= 15 is 0 Å². The van der Waals surface area contributed by atoms with Crippen molar-refractivity contribution < 1.29 is 0 Å². The highest BCUT2D eigenvalue weighted by Crippen LogP contribution is 2.30. The first-order valence-corrected chi connectivity index (χ1v) is 8.60. The molecule has 112 valence electrons. The third-order valence-electron chi connectivity index (χ3n) is 4.10. The highest BCUT2D eigenvalue weighted by Gasteiger charge is 2.22. The number of aromatic nitrogens is 1. The molecule has 2 N–H and O–H groups in total. The Hall–Kier alpha value is -0.610. The molecule has 0 amide bonds. The molecule has 0 aliphatic heterocycles. The van der Waals surface area contributed by atoms with Gasteiger partial charge in [-0.15, -0.1) is 0 Å². The Morgan fingerprint density at radius 2 is 2.00 bits per heavy atom. The summed E-state index contributed by atoms with van der Waals surface area (Å²) in [5.74, 6) is 1.09. The standard InChI is InChI=1S/C16H26BrN3/c1-13-11-15(17)16(19-12-13)20(10-6-9-18)14-7-4-2-3-5-8-14/h11-12,14H,2-10,18H2,1H3. The molecule has 0 saturated heterocycles. The first-order chi connectivity index (χ1) is 9.72. The van der Waals surface area contributed by atoms with Gasteiger partial charge in [0.05, 0.1) is 4.47 Å². The summed E-state index contributed by atoms with van der Waals surface area (Å²) in [5.41, 5.74) is 6.91. The number of hydrogen-bond acceptors (Lipinski definition) is 3. The van der Waals surface area contributed by atoms with E-state index in [4.69, 9.17) is 5.73 Å². The monoisotopic (exact) mass is 339 g/mol. The lowest BCUT2D eigenvalue weighted by Crippen LogP contribution is -2.37. The van der Waals surface area contributed by atoms with Crippen LogP contribution in [0.25, 0.3) is 0 Å². The summed E-state index contributed by atoms with van der Waals surface area (Å²) >= 11 is 3.69. The van der Waals surface area contributed by atoms with Crippen LogP contribution in [0.1, 0.15) is 50.5 Å². The average molecular weight is 340 g/mol. The van der Waals surface area contributed by atoms with E-state index in [1.54, 1.807) is 0 Å². The molecule has 2 rings (SSSR count). The smallest absolute Gasteiger partial charge is 0.143 e. The van der Waals surface area contributed by atoms with E-state index in [0.717, 1.165) is 29.8 Å². The summed E-state index contributed by atoms with van der Waals surface area (Å²) in [6, 6.07) is 2.78. The molecule has 4 heteroatoms. The minimum Gasteiger partial charge on any atom is -0.353 e. The summed E-state index contributed by atoms with van der Waals surface area (Å²) in [7, 11) is 0. The maximum absolute atomic E-state index is 5.72. The summed E-state index contributed by atoms with van der Waals surface area (Å²) in [5, 5.41) is 0. The highest BCUT2D eigenvalue weighted by atomic mass is 79.9. The Kier molecular flexibility index (Phi) is 6.30. The van der Waals surface area contributed by atoms with Gasteiger partial charge >= 0.3 is 0 Å². The number of hydrogen-bond donors (Lipinski definition) is 1. The van der Waals surface area contributed by atoms with Crippen molar-refractivity contribution in [3.8, 4) is 0 Å². The lowest BCUT2D eigenvalue weighted by Gasteiger charge is -2.33. The van der Waals surface area contributed by atoms with E-state index < -0.39 is 0 Å². The number of nitrogens with two attached hydrogens (primary N) is 1. The molecule has 1 aromatic rings. The fraction of sp³-hybridized carbons (Fsp3) is 0.688. The van der Waals surface area contributed by atoms with Gasteiger partial charge in [-0.2, -0.15) is 0 Å². The van der Waals surface area contributed by atoms with Crippen molar-refractivity contribution in [2.45, 2.75) is 57.9 Å². The summed E-state index contributed by atoms with van der Waals surface area (Å²) in [4.78, 5) is 7.16. The lowest BCUT2D eigenvalue weighted by atomic mass is 10.1. The molecule has 1 aliphatic carbocycles. The Morgan fingerprint density at radius 3 is 2.60 bits per heavy atom. The molecule has 3 nitrogen and oxygen atoms in total. The second kappa shape index (κ2) is 7.99. The van der Waals surface area contributed by atoms with Crippen LogP contribution in [0, 0.1) is 6.92 Å². The average Bonchev–Trinajstić information content (AvgIpc) is 2.70. The molecule has 0 unspecified atom stereocenters. The predicted octanol–water partition coefficient (Wildman–Crippen LogP) is 4.03.